The molecule has 8 N–H and O–H groups in total. The number of H-pyrrole nitrogens is 2. The first-order valence-corrected chi connectivity index (χ1v) is 15.7. The Morgan fingerprint density at radius 2 is 0.848 bits per heavy atom. The number of imidazole rings is 2. The van der Waals surface area contributed by atoms with Gasteiger partial charge in [0.25, 0.3) is 0 Å². The first-order valence-electron chi connectivity index (χ1n) is 15.7. The lowest BCUT2D eigenvalue weighted by molar-refractivity contribution is -0.127. The molecule has 0 aliphatic heterocycles. The summed E-state index contributed by atoms with van der Waals surface area (Å²) in [4.78, 5) is 41.4. The van der Waals surface area contributed by atoms with Crippen molar-refractivity contribution in [2.75, 3.05) is 0 Å². The minimum absolute atomic E-state index is 0.233. The second kappa shape index (κ2) is 12.5. The van der Waals surface area contributed by atoms with Gasteiger partial charge in [-0.05, 0) is 60.8 Å². The smallest absolute Gasteiger partial charge is 0.240 e. The number of benzene rings is 2. The number of amides is 2. The molecule has 2 aromatic heterocycles. The van der Waals surface area contributed by atoms with Crippen LogP contribution in [0.3, 0.4) is 0 Å². The minimum atomic E-state index is -0.995. The van der Waals surface area contributed by atoms with Gasteiger partial charge in [0, 0.05) is 0 Å². The number of carbonyl (C=O) groups excluding carboxylic acids is 2. The molecule has 0 bridgehead atoms. The van der Waals surface area contributed by atoms with Crippen LogP contribution in [0.25, 0.3) is 33.6 Å². The Kier molecular flexibility index (Phi) is 9.39. The van der Waals surface area contributed by atoms with Crippen molar-refractivity contribution in [3.63, 3.8) is 0 Å². The fourth-order valence-corrected chi connectivity index (χ4v) is 4.97. The predicted molar refractivity (Wildman–Crippen MR) is 184 cm³/mol. The Morgan fingerprint density at radius 3 is 1.11 bits per heavy atom. The molecule has 2 amide bonds. The van der Waals surface area contributed by atoms with Crippen molar-refractivity contribution in [3.8, 4) is 33.6 Å². The maximum atomic E-state index is 12.7. The van der Waals surface area contributed by atoms with Crippen LogP contribution in [0.2, 0.25) is 0 Å². The summed E-state index contributed by atoms with van der Waals surface area (Å²) >= 11 is 0. The molecule has 10 nitrogen and oxygen atoms in total. The van der Waals surface area contributed by atoms with Gasteiger partial charge >= 0.3 is 0 Å². The van der Waals surface area contributed by atoms with E-state index in [9.17, 15) is 9.59 Å². The normalized spacial score (nSPS) is 14.1. The number of nitrogens with two attached hydrogens (primary N) is 2. The highest BCUT2D eigenvalue weighted by Crippen LogP contribution is 2.35. The molecule has 46 heavy (non-hydrogen) atoms. The zero-order valence-corrected chi connectivity index (χ0v) is 28.8. The van der Waals surface area contributed by atoms with Crippen LogP contribution in [0, 0.1) is 10.8 Å². The average Bonchev–Trinajstić information content (AvgIpc) is 3.63. The summed E-state index contributed by atoms with van der Waals surface area (Å²) in [6, 6.07) is 15.9. The second-order valence-corrected chi connectivity index (χ2v) is 15.5. The molecule has 246 valence electrons. The van der Waals surface area contributed by atoms with E-state index in [-0.39, 0.29) is 34.7 Å². The van der Waals surface area contributed by atoms with Crippen molar-refractivity contribution in [2.24, 2.45) is 22.3 Å². The van der Waals surface area contributed by atoms with Crippen LogP contribution in [0.1, 0.15) is 93.0 Å². The molecular weight excluding hydrogens is 576 g/mol. The average molecular weight is 627 g/mol. The number of aromatic amines is 2. The Balaban J connectivity index is 1.50. The van der Waals surface area contributed by atoms with Crippen molar-refractivity contribution >= 4 is 11.8 Å². The molecule has 0 aliphatic carbocycles. The highest BCUT2D eigenvalue weighted by molar-refractivity contribution is 5.86. The minimum Gasteiger partial charge on any atom is -0.344 e. The van der Waals surface area contributed by atoms with Crippen molar-refractivity contribution in [1.29, 1.82) is 0 Å². The van der Waals surface area contributed by atoms with E-state index in [1.165, 1.54) is 0 Å². The molecule has 2 unspecified atom stereocenters. The maximum absolute atomic E-state index is 12.7. The zero-order chi connectivity index (χ0) is 34.2. The van der Waals surface area contributed by atoms with E-state index < -0.39 is 11.1 Å². The third-order valence-corrected chi connectivity index (χ3v) is 7.92. The van der Waals surface area contributed by atoms with Crippen molar-refractivity contribution in [3.05, 3.63) is 72.6 Å². The largest absolute Gasteiger partial charge is 0.344 e. The van der Waals surface area contributed by atoms with Crippen molar-refractivity contribution in [1.82, 2.24) is 30.6 Å². The van der Waals surface area contributed by atoms with E-state index in [1.54, 1.807) is 40.1 Å². The molecule has 0 saturated carbocycles. The number of hydrogen-bond acceptors (Lipinski definition) is 6. The van der Waals surface area contributed by atoms with E-state index in [0.717, 1.165) is 33.6 Å². The summed E-state index contributed by atoms with van der Waals surface area (Å²) in [6.45, 7) is 19.1. The van der Waals surface area contributed by atoms with E-state index >= 15 is 0 Å². The second-order valence-electron chi connectivity index (χ2n) is 15.5. The van der Waals surface area contributed by atoms with E-state index in [1.807, 2.05) is 0 Å². The molecule has 0 saturated heterocycles. The topological polar surface area (TPSA) is 168 Å². The zero-order valence-electron chi connectivity index (χ0n) is 28.8. The molecule has 0 fully saturated rings. The third kappa shape index (κ3) is 8.10. The van der Waals surface area contributed by atoms with Gasteiger partial charge in [-0.2, -0.15) is 0 Å². The number of carbonyl (C=O) groups is 2. The number of hydrogen-bond donors (Lipinski definition) is 6. The van der Waals surface area contributed by atoms with Gasteiger partial charge in [0.1, 0.15) is 11.6 Å². The van der Waals surface area contributed by atoms with Gasteiger partial charge in [-0.25, -0.2) is 9.97 Å². The van der Waals surface area contributed by atoms with Gasteiger partial charge in [-0.1, -0.05) is 90.1 Å². The molecule has 0 aliphatic rings. The first-order chi connectivity index (χ1) is 21.1. The van der Waals surface area contributed by atoms with E-state index in [2.05, 4.69) is 121 Å². The highest BCUT2D eigenvalue weighted by atomic mass is 16.2. The van der Waals surface area contributed by atoms with Gasteiger partial charge in [-0.3, -0.25) is 9.59 Å². The number of aromatic nitrogens is 4. The van der Waals surface area contributed by atoms with Crippen molar-refractivity contribution in [2.45, 2.75) is 92.4 Å². The van der Waals surface area contributed by atoms with Crippen LogP contribution in [-0.4, -0.2) is 42.8 Å². The molecule has 10 heteroatoms. The lowest BCUT2D eigenvalue weighted by Gasteiger charge is -2.32. The molecule has 2 heterocycles. The number of rotatable bonds is 9. The van der Waals surface area contributed by atoms with Gasteiger partial charge in [0.15, 0.2) is 0 Å². The molecule has 4 aromatic rings. The monoisotopic (exact) mass is 626 g/mol. The van der Waals surface area contributed by atoms with Gasteiger partial charge in [0.05, 0.1) is 46.9 Å². The lowest BCUT2D eigenvalue weighted by atomic mass is 9.85. The van der Waals surface area contributed by atoms with Crippen LogP contribution in [0.5, 0.6) is 0 Å². The molecule has 2 atom stereocenters. The third-order valence-electron chi connectivity index (χ3n) is 7.92. The molecule has 0 spiro atoms. The van der Waals surface area contributed by atoms with Gasteiger partial charge in [-0.15, -0.1) is 0 Å². The number of nitrogens with one attached hydrogen (secondary N) is 4. The number of nitrogens with zero attached hydrogens (tertiary/aromatic N) is 2. The summed E-state index contributed by atoms with van der Waals surface area (Å²) in [7, 11) is 0. The first kappa shape index (κ1) is 34.6. The molecule has 0 radical (unpaired) electrons. The fraction of sp³-hybridized carbons (Fsp3) is 0.444. The summed E-state index contributed by atoms with van der Waals surface area (Å²) < 4.78 is 0. The van der Waals surface area contributed by atoms with Crippen LogP contribution in [0.15, 0.2) is 60.9 Å². The van der Waals surface area contributed by atoms with Crippen LogP contribution >= 0.6 is 0 Å². The Bertz CT molecular complexity index is 1530. The van der Waals surface area contributed by atoms with Gasteiger partial charge < -0.3 is 32.1 Å². The molecule has 4 rings (SSSR count). The SMILES string of the molecule is CC(C)(N)C(=O)NC(c1ncc(-c2ccc(-c3ccc(-c4cnc(C(NC(=O)C(C)(C)N)C(C)(C)C)[nH]4)cc3)cc2)[nH]1)C(C)(C)C. The summed E-state index contributed by atoms with van der Waals surface area (Å²) in [5.74, 6) is 0.896. The quantitative estimate of drug-likeness (QED) is 0.133. The molecule has 2 aromatic carbocycles. The lowest BCUT2D eigenvalue weighted by Crippen LogP contribution is -2.52. The van der Waals surface area contributed by atoms with Crippen LogP contribution in [-0.2, 0) is 9.59 Å². The Morgan fingerprint density at radius 1 is 0.565 bits per heavy atom. The summed E-state index contributed by atoms with van der Waals surface area (Å²) in [5.41, 5.74) is 15.4. The highest BCUT2D eigenvalue weighted by Gasteiger charge is 2.35. The fourth-order valence-electron chi connectivity index (χ4n) is 4.97. The van der Waals surface area contributed by atoms with Crippen molar-refractivity contribution < 1.29 is 9.59 Å². The maximum Gasteiger partial charge on any atom is 0.240 e. The van der Waals surface area contributed by atoms with E-state index in [0.29, 0.717) is 11.6 Å². The van der Waals surface area contributed by atoms with Crippen LogP contribution < -0.4 is 22.1 Å². The summed E-state index contributed by atoms with van der Waals surface area (Å²) in [5, 5.41) is 6.13. The summed E-state index contributed by atoms with van der Waals surface area (Å²) in [6.07, 6.45) is 3.59. The molecular formula is C36H50N8O2. The standard InChI is InChI=1S/C36H50N8O2/c1-33(2,3)27(43-31(45)35(7,8)37)29-39-19-25(41-29)23-15-11-21(12-16-23)22-13-17-24(18-14-22)26-20-40-30(42-26)28(34(4,5)6)44-32(46)36(9,10)38/h11-20,27-28H,37-38H2,1-10H3,(H,39,41)(H,40,42)(H,43,45)(H,44,46). The predicted octanol–water partition coefficient (Wildman–Crippen LogP) is 6.02. The van der Waals surface area contributed by atoms with E-state index in [4.69, 9.17) is 11.5 Å². The van der Waals surface area contributed by atoms with Gasteiger partial charge in [0.2, 0.25) is 11.8 Å². The Labute approximate surface area is 272 Å². The van der Waals surface area contributed by atoms with Crippen LogP contribution in [0.4, 0.5) is 0 Å². The Hall–Kier alpha value is -4.28.